The minimum absolute atomic E-state index is 0.265. The van der Waals surface area contributed by atoms with Gasteiger partial charge < -0.3 is 9.64 Å². The van der Waals surface area contributed by atoms with Gasteiger partial charge in [-0.2, -0.15) is 5.10 Å². The van der Waals surface area contributed by atoms with Crippen LogP contribution in [-0.2, 0) is 17.8 Å². The molecule has 1 aromatic carbocycles. The lowest BCUT2D eigenvalue weighted by molar-refractivity contribution is 0.0195. The molecule has 0 spiro atoms. The van der Waals surface area contributed by atoms with E-state index in [1.165, 1.54) is 0 Å². The van der Waals surface area contributed by atoms with Gasteiger partial charge in [-0.05, 0) is 26.3 Å². The Hall–Kier alpha value is -2.30. The van der Waals surface area contributed by atoms with E-state index < -0.39 is 5.60 Å². The third-order valence-corrected chi connectivity index (χ3v) is 3.61. The number of benzene rings is 1. The van der Waals surface area contributed by atoms with Crippen LogP contribution < -0.4 is 0 Å². The van der Waals surface area contributed by atoms with Gasteiger partial charge in [0.1, 0.15) is 5.60 Å². The number of fused-ring (bicyclic) bond motifs is 1. The highest BCUT2D eigenvalue weighted by Gasteiger charge is 2.27. The summed E-state index contributed by atoms with van der Waals surface area (Å²) in [5.74, 6) is 0. The maximum absolute atomic E-state index is 12.3. The standard InChI is InChI=1S/C17H21N3O2/c1-17(2,3)22-16(21)19-9-10-20-15(12-19)14(11-18-20)13-7-5-4-6-8-13/h4-8,11H,9-10,12H2,1-3H3. The van der Waals surface area contributed by atoms with E-state index in [4.69, 9.17) is 4.74 Å². The van der Waals surface area contributed by atoms with Crippen molar-refractivity contribution in [2.45, 2.75) is 39.5 Å². The molecule has 0 fully saturated rings. The van der Waals surface area contributed by atoms with Crippen molar-refractivity contribution in [1.82, 2.24) is 14.7 Å². The lowest BCUT2D eigenvalue weighted by atomic mass is 10.1. The highest BCUT2D eigenvalue weighted by Crippen LogP contribution is 2.27. The molecule has 0 atom stereocenters. The van der Waals surface area contributed by atoms with Gasteiger partial charge in [0.2, 0.25) is 0 Å². The van der Waals surface area contributed by atoms with Crippen LogP contribution in [0.3, 0.4) is 0 Å². The second kappa shape index (κ2) is 5.48. The van der Waals surface area contributed by atoms with E-state index in [9.17, 15) is 4.79 Å². The average molecular weight is 299 g/mol. The van der Waals surface area contributed by atoms with E-state index in [-0.39, 0.29) is 6.09 Å². The molecule has 1 aliphatic heterocycles. The summed E-state index contributed by atoms with van der Waals surface area (Å²) in [4.78, 5) is 14.0. The molecule has 116 valence electrons. The minimum atomic E-state index is -0.475. The molecule has 2 heterocycles. The van der Waals surface area contributed by atoms with Crippen LogP contribution in [0.2, 0.25) is 0 Å². The van der Waals surface area contributed by atoms with Gasteiger partial charge in [-0.3, -0.25) is 4.68 Å². The molecular weight excluding hydrogens is 278 g/mol. The van der Waals surface area contributed by atoms with E-state index in [1.807, 2.05) is 49.8 Å². The zero-order valence-electron chi connectivity index (χ0n) is 13.2. The first-order valence-electron chi connectivity index (χ1n) is 7.52. The van der Waals surface area contributed by atoms with E-state index >= 15 is 0 Å². The fourth-order valence-electron chi connectivity index (χ4n) is 2.59. The van der Waals surface area contributed by atoms with Crippen LogP contribution in [0.4, 0.5) is 4.79 Å². The van der Waals surface area contributed by atoms with Gasteiger partial charge >= 0.3 is 6.09 Å². The minimum Gasteiger partial charge on any atom is -0.444 e. The van der Waals surface area contributed by atoms with Crippen LogP contribution in [0, 0.1) is 0 Å². The van der Waals surface area contributed by atoms with Crippen LogP contribution in [0.15, 0.2) is 36.5 Å². The first-order valence-corrected chi connectivity index (χ1v) is 7.52. The molecule has 2 aromatic rings. The van der Waals surface area contributed by atoms with Crippen LogP contribution >= 0.6 is 0 Å². The summed E-state index contributed by atoms with van der Waals surface area (Å²) in [5.41, 5.74) is 2.78. The summed E-state index contributed by atoms with van der Waals surface area (Å²) in [6, 6.07) is 10.1. The highest BCUT2D eigenvalue weighted by molar-refractivity contribution is 5.70. The number of ether oxygens (including phenoxy) is 1. The monoisotopic (exact) mass is 299 g/mol. The van der Waals surface area contributed by atoms with Crippen LogP contribution in [-0.4, -0.2) is 32.9 Å². The Balaban J connectivity index is 1.83. The van der Waals surface area contributed by atoms with Gasteiger partial charge in [0.15, 0.2) is 0 Å². The molecule has 5 nitrogen and oxygen atoms in total. The Labute approximate surface area is 130 Å². The third-order valence-electron chi connectivity index (χ3n) is 3.61. The van der Waals surface area contributed by atoms with Crippen molar-refractivity contribution >= 4 is 6.09 Å². The Morgan fingerprint density at radius 3 is 2.59 bits per heavy atom. The number of nitrogens with zero attached hydrogens (tertiary/aromatic N) is 3. The van der Waals surface area contributed by atoms with Gasteiger partial charge in [0, 0.05) is 12.1 Å². The molecule has 0 aliphatic carbocycles. The van der Waals surface area contributed by atoms with Crippen LogP contribution in [0.1, 0.15) is 26.5 Å². The number of carbonyl (C=O) groups excluding carboxylic acids is 1. The van der Waals surface area contributed by atoms with Gasteiger partial charge in [-0.25, -0.2) is 4.79 Å². The van der Waals surface area contributed by atoms with Gasteiger partial charge in [-0.15, -0.1) is 0 Å². The van der Waals surface area contributed by atoms with Gasteiger partial charge in [0.25, 0.3) is 0 Å². The number of hydrogen-bond acceptors (Lipinski definition) is 3. The van der Waals surface area contributed by atoms with E-state index in [2.05, 4.69) is 17.2 Å². The predicted octanol–water partition coefficient (Wildman–Crippen LogP) is 3.30. The quantitative estimate of drug-likeness (QED) is 0.811. The van der Waals surface area contributed by atoms with E-state index in [0.717, 1.165) is 16.8 Å². The summed E-state index contributed by atoms with van der Waals surface area (Å²) >= 11 is 0. The number of aromatic nitrogens is 2. The topological polar surface area (TPSA) is 47.4 Å². The number of carbonyl (C=O) groups is 1. The molecule has 0 radical (unpaired) electrons. The summed E-state index contributed by atoms with van der Waals surface area (Å²) in [5, 5.41) is 4.44. The smallest absolute Gasteiger partial charge is 0.410 e. The molecule has 5 heteroatoms. The largest absolute Gasteiger partial charge is 0.444 e. The summed E-state index contributed by atoms with van der Waals surface area (Å²) in [6.45, 7) is 7.50. The molecule has 3 rings (SSSR count). The second-order valence-electron chi connectivity index (χ2n) is 6.50. The van der Waals surface area contributed by atoms with Gasteiger partial charge in [-0.1, -0.05) is 30.3 Å². The van der Waals surface area contributed by atoms with Crippen molar-refractivity contribution in [3.05, 3.63) is 42.2 Å². The summed E-state index contributed by atoms with van der Waals surface area (Å²) < 4.78 is 7.45. The molecule has 0 unspecified atom stereocenters. The van der Waals surface area contributed by atoms with Crippen molar-refractivity contribution < 1.29 is 9.53 Å². The molecule has 0 bridgehead atoms. The van der Waals surface area contributed by atoms with Crippen molar-refractivity contribution in [1.29, 1.82) is 0 Å². The van der Waals surface area contributed by atoms with Crippen LogP contribution in [0.5, 0.6) is 0 Å². The fraction of sp³-hybridized carbons (Fsp3) is 0.412. The highest BCUT2D eigenvalue weighted by atomic mass is 16.6. The van der Waals surface area contributed by atoms with E-state index in [0.29, 0.717) is 19.6 Å². The molecular formula is C17H21N3O2. The average Bonchev–Trinajstić information content (AvgIpc) is 2.89. The van der Waals surface area contributed by atoms with Crippen molar-refractivity contribution in [2.24, 2.45) is 0 Å². The van der Waals surface area contributed by atoms with Crippen molar-refractivity contribution in [3.8, 4) is 11.1 Å². The number of amides is 1. The normalized spacial score (nSPS) is 14.6. The zero-order chi connectivity index (χ0) is 15.7. The third kappa shape index (κ3) is 2.98. The Bertz CT molecular complexity index is 671. The van der Waals surface area contributed by atoms with Crippen LogP contribution in [0.25, 0.3) is 11.1 Å². The first-order chi connectivity index (χ1) is 10.4. The van der Waals surface area contributed by atoms with E-state index in [1.54, 1.807) is 4.90 Å². The lowest BCUT2D eigenvalue weighted by Crippen LogP contribution is -2.41. The molecule has 0 saturated heterocycles. The number of rotatable bonds is 1. The Morgan fingerprint density at radius 2 is 1.91 bits per heavy atom. The predicted molar refractivity (Wildman–Crippen MR) is 84.3 cm³/mol. The molecule has 1 aromatic heterocycles. The Kier molecular flexibility index (Phi) is 3.64. The second-order valence-corrected chi connectivity index (χ2v) is 6.50. The number of hydrogen-bond donors (Lipinski definition) is 0. The fourth-order valence-corrected chi connectivity index (χ4v) is 2.59. The molecule has 22 heavy (non-hydrogen) atoms. The maximum Gasteiger partial charge on any atom is 0.410 e. The first kappa shape index (κ1) is 14.6. The molecule has 1 aliphatic rings. The zero-order valence-corrected chi connectivity index (χ0v) is 13.2. The Morgan fingerprint density at radius 1 is 1.18 bits per heavy atom. The van der Waals surface area contributed by atoms with Crippen molar-refractivity contribution in [3.63, 3.8) is 0 Å². The SMILES string of the molecule is CC(C)(C)OC(=O)N1CCn2ncc(-c3ccccc3)c2C1. The summed E-state index contributed by atoms with van der Waals surface area (Å²) in [6.07, 6.45) is 1.61. The van der Waals surface area contributed by atoms with Crippen molar-refractivity contribution in [2.75, 3.05) is 6.54 Å². The molecule has 0 N–H and O–H groups in total. The maximum atomic E-state index is 12.3. The lowest BCUT2D eigenvalue weighted by Gasteiger charge is -2.30. The molecule has 0 saturated carbocycles. The van der Waals surface area contributed by atoms with Gasteiger partial charge in [0.05, 0.1) is 25.0 Å². The summed E-state index contributed by atoms with van der Waals surface area (Å²) in [7, 11) is 0. The molecule has 1 amide bonds.